The Kier molecular flexibility index (Phi) is 4.06. The summed E-state index contributed by atoms with van der Waals surface area (Å²) in [5.41, 5.74) is -1.19. The normalized spacial score (nSPS) is 12.6. The van der Waals surface area contributed by atoms with E-state index in [9.17, 15) is 18.0 Å². The van der Waals surface area contributed by atoms with Crippen LogP contribution in [0, 0.1) is 0 Å². The maximum absolute atomic E-state index is 13.3. The fraction of sp³-hybridized carbons (Fsp3) is 0.312. The molecule has 0 N–H and O–H groups in total. The van der Waals surface area contributed by atoms with Gasteiger partial charge in [0.05, 0.1) is 5.56 Å². The number of alkyl halides is 3. The Morgan fingerprint density at radius 1 is 1.16 bits per heavy atom. The first kappa shape index (κ1) is 17.4. The van der Waals surface area contributed by atoms with Gasteiger partial charge in [-0.1, -0.05) is 22.7 Å². The van der Waals surface area contributed by atoms with Crippen LogP contribution in [0.3, 0.4) is 0 Å². The van der Waals surface area contributed by atoms with Gasteiger partial charge < -0.3 is 4.74 Å². The third kappa shape index (κ3) is 3.37. The highest BCUT2D eigenvalue weighted by molar-refractivity contribution is 7.12. The quantitative estimate of drug-likeness (QED) is 0.608. The molecule has 0 saturated carbocycles. The molecule has 0 bridgehead atoms. The highest BCUT2D eigenvalue weighted by atomic mass is 32.1. The van der Waals surface area contributed by atoms with E-state index in [1.165, 1.54) is 24.4 Å². The molecule has 0 unspecified atom stereocenters. The van der Waals surface area contributed by atoms with Gasteiger partial charge in [0.2, 0.25) is 0 Å². The van der Waals surface area contributed by atoms with E-state index in [1.807, 2.05) is 0 Å². The zero-order valence-electron chi connectivity index (χ0n) is 13.6. The Morgan fingerprint density at radius 3 is 2.48 bits per heavy atom. The number of aromatic nitrogens is 3. The maximum atomic E-state index is 13.3. The van der Waals surface area contributed by atoms with Gasteiger partial charge in [-0.3, -0.25) is 0 Å². The highest BCUT2D eigenvalue weighted by Crippen LogP contribution is 2.40. The van der Waals surface area contributed by atoms with E-state index in [2.05, 4.69) is 9.59 Å². The molecule has 3 aromatic rings. The zero-order chi connectivity index (χ0) is 18.4. The number of halogens is 3. The number of hydrogen-bond acceptors (Lipinski definition) is 5. The number of carbonyl (C=O) groups is 1. The Labute approximate surface area is 145 Å². The van der Waals surface area contributed by atoms with Crippen molar-refractivity contribution in [3.8, 4) is 11.1 Å². The lowest BCUT2D eigenvalue weighted by Crippen LogP contribution is -2.26. The number of rotatable bonds is 1. The Bertz CT molecular complexity index is 938. The summed E-state index contributed by atoms with van der Waals surface area (Å²) in [5, 5.41) is 3.89. The average Bonchev–Trinajstić information content (AvgIpc) is 3.06. The molecule has 2 aromatic heterocycles. The molecule has 0 atom stereocenters. The van der Waals surface area contributed by atoms with Crippen LogP contribution in [-0.2, 0) is 10.9 Å². The van der Waals surface area contributed by atoms with Crippen molar-refractivity contribution in [3.63, 3.8) is 0 Å². The van der Waals surface area contributed by atoms with Gasteiger partial charge in [-0.05, 0) is 32.4 Å². The number of ether oxygens (including phenoxy) is 1. The summed E-state index contributed by atoms with van der Waals surface area (Å²) in [4.78, 5) is 12.7. The lowest BCUT2D eigenvalue weighted by molar-refractivity contribution is -0.137. The Balaban J connectivity index is 2.18. The van der Waals surface area contributed by atoms with Gasteiger partial charge in [-0.25, -0.2) is 9.36 Å². The smallest absolute Gasteiger partial charge is 0.419 e. The molecule has 0 aliphatic rings. The third-order valence-electron chi connectivity index (χ3n) is 3.32. The molecular formula is C16H14F3N3O2S. The van der Waals surface area contributed by atoms with Crippen molar-refractivity contribution in [2.45, 2.75) is 32.5 Å². The molecule has 5 nitrogen and oxygen atoms in total. The summed E-state index contributed by atoms with van der Waals surface area (Å²) in [6.45, 7) is 5.11. The van der Waals surface area contributed by atoms with E-state index in [4.69, 9.17) is 4.74 Å². The molecule has 0 spiro atoms. The van der Waals surface area contributed by atoms with E-state index in [0.29, 0.717) is 4.83 Å². The number of nitrogens with zero attached hydrogens (tertiary/aromatic N) is 3. The molecule has 2 heterocycles. The van der Waals surface area contributed by atoms with Crippen molar-refractivity contribution in [1.82, 2.24) is 14.2 Å². The van der Waals surface area contributed by atoms with E-state index in [0.717, 1.165) is 22.2 Å². The number of benzene rings is 1. The van der Waals surface area contributed by atoms with Gasteiger partial charge >= 0.3 is 12.3 Å². The van der Waals surface area contributed by atoms with Crippen molar-refractivity contribution in [3.05, 3.63) is 36.0 Å². The predicted molar refractivity (Wildman–Crippen MR) is 87.5 cm³/mol. The average molecular weight is 369 g/mol. The lowest BCUT2D eigenvalue weighted by atomic mass is 10.0. The summed E-state index contributed by atoms with van der Waals surface area (Å²) < 4.78 is 50.2. The fourth-order valence-corrected chi connectivity index (χ4v) is 3.02. The van der Waals surface area contributed by atoms with E-state index in [1.54, 1.807) is 20.8 Å². The van der Waals surface area contributed by atoms with Crippen molar-refractivity contribution in [2.24, 2.45) is 0 Å². The Morgan fingerprint density at radius 2 is 1.84 bits per heavy atom. The maximum Gasteiger partial charge on any atom is 0.419 e. The van der Waals surface area contributed by atoms with Gasteiger partial charge in [0.1, 0.15) is 11.1 Å². The second-order valence-electron chi connectivity index (χ2n) is 6.36. The van der Waals surface area contributed by atoms with Crippen LogP contribution in [0.5, 0.6) is 0 Å². The molecule has 0 radical (unpaired) electrons. The van der Waals surface area contributed by atoms with E-state index < -0.39 is 23.4 Å². The molecule has 25 heavy (non-hydrogen) atoms. The van der Waals surface area contributed by atoms with E-state index >= 15 is 0 Å². The molecule has 0 saturated heterocycles. The van der Waals surface area contributed by atoms with Crippen LogP contribution in [0.4, 0.5) is 18.0 Å². The molecule has 9 heteroatoms. The molecule has 0 amide bonds. The van der Waals surface area contributed by atoms with Gasteiger partial charge in [0.25, 0.3) is 0 Å². The van der Waals surface area contributed by atoms with Gasteiger partial charge in [0, 0.05) is 23.3 Å². The number of hydrogen-bond donors (Lipinski definition) is 0. The molecule has 0 fully saturated rings. The van der Waals surface area contributed by atoms with Crippen LogP contribution >= 0.6 is 11.5 Å². The minimum Gasteiger partial charge on any atom is -0.443 e. The fourth-order valence-electron chi connectivity index (χ4n) is 2.37. The van der Waals surface area contributed by atoms with Crippen molar-refractivity contribution >= 4 is 28.0 Å². The minimum atomic E-state index is -4.53. The van der Waals surface area contributed by atoms with Crippen LogP contribution in [0.2, 0.25) is 0 Å². The lowest BCUT2D eigenvalue weighted by Gasteiger charge is -2.19. The molecule has 0 aliphatic carbocycles. The van der Waals surface area contributed by atoms with Crippen molar-refractivity contribution in [1.29, 1.82) is 0 Å². The predicted octanol–water partition coefficient (Wildman–Crippen LogP) is 4.96. The minimum absolute atomic E-state index is 0.0602. The summed E-state index contributed by atoms with van der Waals surface area (Å²) >= 11 is 0.917. The monoisotopic (exact) mass is 369 g/mol. The zero-order valence-corrected chi connectivity index (χ0v) is 14.4. The number of carbonyl (C=O) groups excluding carboxylic acids is 1. The Hall–Kier alpha value is -2.42. The first-order chi connectivity index (χ1) is 11.6. The number of fused-ring (bicyclic) bond motifs is 1. The molecule has 1 aromatic carbocycles. The molecule has 132 valence electrons. The van der Waals surface area contributed by atoms with Crippen LogP contribution in [0.1, 0.15) is 26.3 Å². The third-order valence-corrected chi connectivity index (χ3v) is 4.04. The van der Waals surface area contributed by atoms with Gasteiger partial charge in [-0.15, -0.1) is 5.10 Å². The van der Waals surface area contributed by atoms with Crippen LogP contribution in [-0.4, -0.2) is 25.8 Å². The first-order valence-corrected chi connectivity index (χ1v) is 8.08. The molecule has 3 rings (SSSR count). The highest BCUT2D eigenvalue weighted by Gasteiger charge is 2.35. The summed E-state index contributed by atoms with van der Waals surface area (Å²) in [6, 6.07) is 5.15. The first-order valence-electron chi connectivity index (χ1n) is 7.31. The van der Waals surface area contributed by atoms with Crippen LogP contribution < -0.4 is 0 Å². The van der Waals surface area contributed by atoms with Gasteiger partial charge in [0.15, 0.2) is 4.83 Å². The molecule has 0 aliphatic heterocycles. The summed E-state index contributed by atoms with van der Waals surface area (Å²) in [5.74, 6) is 0. The van der Waals surface area contributed by atoms with Crippen LogP contribution in [0.15, 0.2) is 30.5 Å². The van der Waals surface area contributed by atoms with Gasteiger partial charge in [-0.2, -0.15) is 13.2 Å². The van der Waals surface area contributed by atoms with E-state index in [-0.39, 0.29) is 16.6 Å². The second-order valence-corrected chi connectivity index (χ2v) is 7.10. The second kappa shape index (κ2) is 5.83. The topological polar surface area (TPSA) is 57.0 Å². The molecular weight excluding hydrogens is 355 g/mol. The van der Waals surface area contributed by atoms with Crippen molar-refractivity contribution < 1.29 is 22.7 Å². The largest absolute Gasteiger partial charge is 0.443 e. The SMILES string of the molecule is CC(C)(C)OC(=O)n1cc(-c2ccccc2C(F)(F)F)c2nnsc21. The standard InChI is InChI=1S/C16H14F3N3O2S/c1-15(2,3)24-14(23)22-8-10(12-13(22)25-21-20-12)9-6-4-5-7-11(9)16(17,18)19/h4-8H,1-3H3. The van der Waals surface area contributed by atoms with Crippen LogP contribution in [0.25, 0.3) is 21.5 Å². The summed E-state index contributed by atoms with van der Waals surface area (Å²) in [6.07, 6.45) is -3.91. The van der Waals surface area contributed by atoms with Crippen molar-refractivity contribution in [2.75, 3.05) is 0 Å². The summed E-state index contributed by atoms with van der Waals surface area (Å²) in [7, 11) is 0.